The van der Waals surface area contributed by atoms with Crippen molar-refractivity contribution in [3.8, 4) is 17.4 Å². The number of rotatable bonds is 19. The van der Waals surface area contributed by atoms with Gasteiger partial charge in [-0.15, -0.1) is 4.73 Å². The Morgan fingerprint density at radius 2 is 1.39 bits per heavy atom. The van der Waals surface area contributed by atoms with Crippen molar-refractivity contribution in [3.05, 3.63) is 53.4 Å². The van der Waals surface area contributed by atoms with Crippen LogP contribution in [-0.4, -0.2) is 18.7 Å². The molecule has 0 N–H and O–H groups in total. The summed E-state index contributed by atoms with van der Waals surface area (Å²) < 4.78 is 17.5. The van der Waals surface area contributed by atoms with Crippen molar-refractivity contribution < 1.29 is 23.7 Å². The smallest absolute Gasteiger partial charge is 0.379 e. The second kappa shape index (κ2) is 17.6. The van der Waals surface area contributed by atoms with E-state index in [9.17, 15) is 10.0 Å². The van der Waals surface area contributed by atoms with Crippen LogP contribution >= 0.6 is 0 Å². The zero-order valence-corrected chi connectivity index (χ0v) is 22.5. The molecule has 0 saturated carbocycles. The van der Waals surface area contributed by atoms with Gasteiger partial charge < -0.3 is 19.4 Å². The van der Waals surface area contributed by atoms with E-state index in [1.54, 1.807) is 30.3 Å². The van der Waals surface area contributed by atoms with Crippen molar-refractivity contribution in [2.45, 2.75) is 110 Å². The van der Waals surface area contributed by atoms with Gasteiger partial charge in [0.1, 0.15) is 23.2 Å². The van der Waals surface area contributed by atoms with Crippen LogP contribution in [0.4, 0.5) is 0 Å². The van der Waals surface area contributed by atoms with E-state index in [2.05, 4.69) is 13.8 Å². The van der Waals surface area contributed by atoms with Gasteiger partial charge in [-0.1, -0.05) is 78.1 Å². The number of unbranched alkanes of at least 4 members (excludes halogenated alkanes) is 10. The summed E-state index contributed by atoms with van der Waals surface area (Å²) in [6.07, 6.45) is 16.8. The first kappa shape index (κ1) is 29.5. The third-order valence-corrected chi connectivity index (χ3v) is 6.20. The van der Waals surface area contributed by atoms with Crippen LogP contribution in [0, 0.1) is 5.21 Å². The molecular formula is C30H45NO5. The Bertz CT molecular complexity index is 868. The van der Waals surface area contributed by atoms with Gasteiger partial charge in [0.25, 0.3) is 0 Å². The van der Waals surface area contributed by atoms with Crippen LogP contribution in [0.5, 0.6) is 17.4 Å². The predicted octanol–water partition coefficient (Wildman–Crippen LogP) is 7.80. The van der Waals surface area contributed by atoms with E-state index in [1.807, 2.05) is 6.92 Å². The first-order chi connectivity index (χ1) is 17.5. The molecule has 0 spiro atoms. The molecule has 0 aliphatic rings. The van der Waals surface area contributed by atoms with Crippen LogP contribution in [0.2, 0.25) is 0 Å². The third kappa shape index (κ3) is 11.8. The number of esters is 1. The maximum atomic E-state index is 12.5. The largest absolute Gasteiger partial charge is 0.616 e. The summed E-state index contributed by atoms with van der Waals surface area (Å²) in [7, 11) is 0. The number of ether oxygens (including phenoxy) is 3. The Kier molecular flexibility index (Phi) is 14.4. The van der Waals surface area contributed by atoms with Gasteiger partial charge >= 0.3 is 11.8 Å². The number of pyridine rings is 1. The summed E-state index contributed by atoms with van der Waals surface area (Å²) >= 11 is 0. The van der Waals surface area contributed by atoms with E-state index < -0.39 is 5.97 Å². The molecule has 6 heteroatoms. The highest BCUT2D eigenvalue weighted by Gasteiger charge is 2.17. The Labute approximate surface area is 217 Å². The Hall–Kier alpha value is -2.76. The number of nitrogens with zero attached hydrogens (tertiary/aromatic N) is 1. The van der Waals surface area contributed by atoms with Gasteiger partial charge in [-0.3, -0.25) is 0 Å². The predicted molar refractivity (Wildman–Crippen MR) is 144 cm³/mol. The van der Waals surface area contributed by atoms with E-state index >= 15 is 0 Å². The molecule has 0 unspecified atom stereocenters. The Morgan fingerprint density at radius 1 is 0.806 bits per heavy atom. The molecule has 2 rings (SSSR count). The summed E-state index contributed by atoms with van der Waals surface area (Å²) in [4.78, 5) is 12.5. The first-order valence-electron chi connectivity index (χ1n) is 13.9. The van der Waals surface area contributed by atoms with Crippen LogP contribution in [0.15, 0.2) is 42.6 Å². The summed E-state index contributed by atoms with van der Waals surface area (Å²) in [5.41, 5.74) is 0.169. The Balaban J connectivity index is 1.72. The van der Waals surface area contributed by atoms with E-state index in [-0.39, 0.29) is 17.5 Å². The van der Waals surface area contributed by atoms with Gasteiger partial charge in [0.05, 0.1) is 12.7 Å². The average molecular weight is 500 g/mol. The highest BCUT2D eigenvalue weighted by molar-refractivity contribution is 5.90. The highest BCUT2D eigenvalue weighted by Crippen LogP contribution is 2.20. The number of carbonyl (C=O) groups is 1. The average Bonchev–Trinajstić information content (AvgIpc) is 2.88. The molecule has 0 radical (unpaired) electrons. The molecule has 6 nitrogen and oxygen atoms in total. The molecule has 0 aliphatic heterocycles. The molecular weight excluding hydrogens is 454 g/mol. The zero-order chi connectivity index (χ0) is 26.0. The van der Waals surface area contributed by atoms with Gasteiger partial charge in [0, 0.05) is 0 Å². The van der Waals surface area contributed by atoms with Gasteiger partial charge in [-0.05, 0) is 56.5 Å². The topological polar surface area (TPSA) is 71.7 Å². The van der Waals surface area contributed by atoms with Crippen LogP contribution < -0.4 is 18.9 Å². The second-order valence-electron chi connectivity index (χ2n) is 9.54. The van der Waals surface area contributed by atoms with Gasteiger partial charge in [0.2, 0.25) is 0 Å². The highest BCUT2D eigenvalue weighted by atomic mass is 16.6. The van der Waals surface area contributed by atoms with Crippen LogP contribution in [0.1, 0.15) is 115 Å². The number of carbonyl (C=O) groups excluding carboxylic acids is 1. The zero-order valence-electron chi connectivity index (χ0n) is 22.5. The SMILES string of the molecule is CCCCCCCCCCOc1ccc(OC(=O)c2ccc(O[C@@H](C)CCCCCC)[n+]([O-])c2)cc1. The molecule has 0 saturated heterocycles. The van der Waals surface area contributed by atoms with Crippen LogP contribution in [0.25, 0.3) is 0 Å². The van der Waals surface area contributed by atoms with Crippen molar-refractivity contribution in [2.24, 2.45) is 0 Å². The number of hydrogen-bond acceptors (Lipinski definition) is 5. The van der Waals surface area contributed by atoms with E-state index in [0.29, 0.717) is 17.1 Å². The summed E-state index contributed by atoms with van der Waals surface area (Å²) in [6, 6.07) is 10.1. The summed E-state index contributed by atoms with van der Waals surface area (Å²) in [5.74, 6) is 0.747. The van der Waals surface area contributed by atoms with Crippen molar-refractivity contribution in [1.82, 2.24) is 0 Å². The van der Waals surface area contributed by atoms with E-state index in [0.717, 1.165) is 25.0 Å². The lowest BCUT2D eigenvalue weighted by atomic mass is 10.1. The molecule has 200 valence electrons. The lowest BCUT2D eigenvalue weighted by Gasteiger charge is -2.14. The minimum Gasteiger partial charge on any atom is -0.616 e. The molecule has 1 aromatic heterocycles. The number of benzene rings is 1. The van der Waals surface area contributed by atoms with E-state index in [1.165, 1.54) is 76.5 Å². The summed E-state index contributed by atoms with van der Waals surface area (Å²) in [5, 5.41) is 12.3. The maximum absolute atomic E-state index is 12.5. The van der Waals surface area contributed by atoms with Crippen LogP contribution in [0.3, 0.4) is 0 Å². The van der Waals surface area contributed by atoms with Gasteiger partial charge in [-0.2, -0.15) is 0 Å². The minimum absolute atomic E-state index is 0.0591. The standard InChI is InChI=1S/C30H45NO5/c1-4-6-8-10-11-12-13-15-23-34-27-18-20-28(21-19-27)36-30(32)26-17-22-29(31(33)24-26)35-25(3)16-14-9-7-5-2/h17-22,24-25H,4-16,23H2,1-3H3/t25-/m0/s1. The molecule has 0 bridgehead atoms. The van der Waals surface area contributed by atoms with Crippen molar-refractivity contribution >= 4 is 5.97 Å². The molecule has 0 amide bonds. The monoisotopic (exact) mass is 499 g/mol. The van der Waals surface area contributed by atoms with Crippen molar-refractivity contribution in [3.63, 3.8) is 0 Å². The molecule has 36 heavy (non-hydrogen) atoms. The lowest BCUT2D eigenvalue weighted by molar-refractivity contribution is -0.613. The molecule has 1 heterocycles. The first-order valence-corrected chi connectivity index (χ1v) is 13.9. The number of hydrogen-bond donors (Lipinski definition) is 0. The van der Waals surface area contributed by atoms with Crippen molar-refractivity contribution in [1.29, 1.82) is 0 Å². The van der Waals surface area contributed by atoms with Gasteiger partial charge in [-0.25, -0.2) is 4.79 Å². The molecule has 0 aliphatic carbocycles. The number of aromatic nitrogens is 1. The normalized spacial score (nSPS) is 11.8. The maximum Gasteiger partial charge on any atom is 0.379 e. The fourth-order valence-electron chi connectivity index (χ4n) is 4.00. The molecule has 1 aromatic carbocycles. The fraction of sp³-hybridized carbons (Fsp3) is 0.600. The molecule has 2 aromatic rings. The third-order valence-electron chi connectivity index (χ3n) is 6.20. The Morgan fingerprint density at radius 3 is 2.03 bits per heavy atom. The lowest BCUT2D eigenvalue weighted by Crippen LogP contribution is -2.32. The van der Waals surface area contributed by atoms with Gasteiger partial charge in [0.15, 0.2) is 6.20 Å². The minimum atomic E-state index is -0.591. The van der Waals surface area contributed by atoms with Crippen molar-refractivity contribution in [2.75, 3.05) is 6.61 Å². The molecule has 1 atom stereocenters. The second-order valence-corrected chi connectivity index (χ2v) is 9.54. The summed E-state index contributed by atoms with van der Waals surface area (Å²) in [6.45, 7) is 7.05. The fourth-order valence-corrected chi connectivity index (χ4v) is 4.00. The molecule has 0 fully saturated rings. The quantitative estimate of drug-likeness (QED) is 0.0648. The van der Waals surface area contributed by atoms with E-state index in [4.69, 9.17) is 14.2 Å². The van der Waals surface area contributed by atoms with Crippen LogP contribution in [-0.2, 0) is 0 Å².